The largest absolute Gasteiger partial charge is 0.351 e. The Hall–Kier alpha value is -0.800. The van der Waals surface area contributed by atoms with Crippen molar-refractivity contribution in [3.8, 4) is 0 Å². The van der Waals surface area contributed by atoms with Crippen LogP contribution in [0.15, 0.2) is 18.2 Å². The molecule has 2 nitrogen and oxygen atoms in total. The predicted octanol–water partition coefficient (Wildman–Crippen LogP) is 4.40. The molecule has 1 saturated carbocycles. The Morgan fingerprint density at radius 3 is 2.65 bits per heavy atom. The predicted molar refractivity (Wildman–Crippen MR) is 80.0 cm³/mol. The quantitative estimate of drug-likeness (QED) is 0.819. The molecule has 0 atom stereocenters. The third kappa shape index (κ3) is 3.64. The Kier molecular flexibility index (Phi) is 5.28. The molecule has 2 rings (SSSR count). The lowest BCUT2D eigenvalue weighted by molar-refractivity contribution is 0.0917. The number of carbonyl (C=O) groups excluding carboxylic acids is 1. The van der Waals surface area contributed by atoms with Crippen molar-refractivity contribution in [2.24, 2.45) is 5.41 Å². The highest BCUT2D eigenvalue weighted by molar-refractivity contribution is 6.31. The first-order valence-corrected chi connectivity index (χ1v) is 7.77. The Morgan fingerprint density at radius 1 is 1.30 bits per heavy atom. The van der Waals surface area contributed by atoms with E-state index in [9.17, 15) is 9.18 Å². The first-order chi connectivity index (χ1) is 9.56. The molecule has 20 heavy (non-hydrogen) atoms. The van der Waals surface area contributed by atoms with E-state index in [1.165, 1.54) is 24.6 Å². The first-order valence-electron chi connectivity index (χ1n) is 6.86. The van der Waals surface area contributed by atoms with Crippen LogP contribution >= 0.6 is 23.2 Å². The van der Waals surface area contributed by atoms with Gasteiger partial charge in [0.2, 0.25) is 0 Å². The van der Waals surface area contributed by atoms with Gasteiger partial charge in [0.1, 0.15) is 5.82 Å². The van der Waals surface area contributed by atoms with Gasteiger partial charge in [-0.2, -0.15) is 0 Å². The Labute approximate surface area is 128 Å². The zero-order valence-electron chi connectivity index (χ0n) is 11.2. The van der Waals surface area contributed by atoms with E-state index >= 15 is 0 Å². The molecule has 0 bridgehead atoms. The second kappa shape index (κ2) is 6.77. The topological polar surface area (TPSA) is 29.1 Å². The molecule has 5 heteroatoms. The Morgan fingerprint density at radius 2 is 2.00 bits per heavy atom. The minimum Gasteiger partial charge on any atom is -0.351 e. The van der Waals surface area contributed by atoms with Gasteiger partial charge in [0.05, 0.1) is 5.56 Å². The highest BCUT2D eigenvalue weighted by atomic mass is 35.5. The fraction of sp³-hybridized carbons (Fsp3) is 0.533. The summed E-state index contributed by atoms with van der Waals surface area (Å²) in [6.45, 7) is 0.487. The van der Waals surface area contributed by atoms with Crippen LogP contribution in [0, 0.1) is 11.2 Å². The van der Waals surface area contributed by atoms with Crippen molar-refractivity contribution < 1.29 is 9.18 Å². The lowest BCUT2D eigenvalue weighted by Gasteiger charge is -2.35. The molecule has 1 aliphatic rings. The van der Waals surface area contributed by atoms with Gasteiger partial charge in [-0.1, -0.05) is 30.9 Å². The van der Waals surface area contributed by atoms with Crippen LogP contribution in [0.3, 0.4) is 0 Å². The molecule has 0 unspecified atom stereocenters. The monoisotopic (exact) mass is 317 g/mol. The summed E-state index contributed by atoms with van der Waals surface area (Å²) in [5.74, 6) is -0.471. The summed E-state index contributed by atoms with van der Waals surface area (Å²) in [5, 5.41) is 3.15. The van der Waals surface area contributed by atoms with Crippen molar-refractivity contribution in [3.05, 3.63) is 34.6 Å². The summed E-state index contributed by atoms with van der Waals surface area (Å²) in [4.78, 5) is 12.1. The molecule has 110 valence electrons. The van der Waals surface area contributed by atoms with Crippen molar-refractivity contribution in [1.82, 2.24) is 5.32 Å². The van der Waals surface area contributed by atoms with Gasteiger partial charge in [-0.25, -0.2) is 4.39 Å². The number of hydrogen-bond donors (Lipinski definition) is 1. The van der Waals surface area contributed by atoms with Crippen LogP contribution < -0.4 is 5.32 Å². The van der Waals surface area contributed by atoms with E-state index < -0.39 is 11.7 Å². The number of rotatable bonds is 4. The molecule has 1 aliphatic carbocycles. The van der Waals surface area contributed by atoms with Crippen LogP contribution in [0.5, 0.6) is 0 Å². The molecule has 1 amide bonds. The molecule has 1 fully saturated rings. The number of alkyl halides is 1. The number of carbonyl (C=O) groups is 1. The molecule has 0 radical (unpaired) electrons. The smallest absolute Gasteiger partial charge is 0.254 e. The minimum atomic E-state index is -0.560. The van der Waals surface area contributed by atoms with Crippen molar-refractivity contribution in [3.63, 3.8) is 0 Å². The van der Waals surface area contributed by atoms with Gasteiger partial charge in [-0.3, -0.25) is 4.79 Å². The average molecular weight is 318 g/mol. The van der Waals surface area contributed by atoms with Gasteiger partial charge in [-0.15, -0.1) is 11.6 Å². The zero-order chi connectivity index (χ0) is 14.6. The lowest BCUT2D eigenvalue weighted by Crippen LogP contribution is -2.40. The standard InChI is InChI=1S/C15H18Cl2FNO/c16-9-15(6-2-1-3-7-15)10-19-14(20)12-8-11(17)4-5-13(12)18/h4-5,8H,1-3,6-7,9-10H2,(H,19,20). The molecule has 0 aromatic heterocycles. The van der Waals surface area contributed by atoms with Gasteiger partial charge in [0.25, 0.3) is 5.91 Å². The summed E-state index contributed by atoms with van der Waals surface area (Å²) >= 11 is 11.9. The van der Waals surface area contributed by atoms with Gasteiger partial charge < -0.3 is 5.32 Å². The van der Waals surface area contributed by atoms with Gasteiger partial charge in [0, 0.05) is 22.9 Å². The van der Waals surface area contributed by atoms with E-state index in [1.54, 1.807) is 0 Å². The Balaban J connectivity index is 2.02. The third-order valence-corrected chi connectivity index (χ3v) is 4.80. The van der Waals surface area contributed by atoms with Crippen molar-refractivity contribution in [1.29, 1.82) is 0 Å². The molecule has 1 aromatic carbocycles. The second-order valence-corrected chi connectivity index (χ2v) is 6.20. The number of hydrogen-bond acceptors (Lipinski definition) is 1. The van der Waals surface area contributed by atoms with E-state index in [0.717, 1.165) is 25.7 Å². The van der Waals surface area contributed by atoms with Crippen LogP contribution in [0.4, 0.5) is 4.39 Å². The molecule has 0 saturated heterocycles. The van der Waals surface area contributed by atoms with Crippen LogP contribution in [0.2, 0.25) is 5.02 Å². The summed E-state index contributed by atoms with van der Waals surface area (Å²) < 4.78 is 13.6. The van der Waals surface area contributed by atoms with E-state index in [0.29, 0.717) is 17.4 Å². The SMILES string of the molecule is O=C(NCC1(CCl)CCCCC1)c1cc(Cl)ccc1F. The van der Waals surface area contributed by atoms with Crippen molar-refractivity contribution in [2.75, 3.05) is 12.4 Å². The van der Waals surface area contributed by atoms with Gasteiger partial charge in [-0.05, 0) is 31.0 Å². The van der Waals surface area contributed by atoms with E-state index in [1.807, 2.05) is 0 Å². The minimum absolute atomic E-state index is 0.0157. The number of halogens is 3. The Bertz CT molecular complexity index is 487. The average Bonchev–Trinajstić information content (AvgIpc) is 2.48. The fourth-order valence-corrected chi connectivity index (χ4v) is 3.23. The normalized spacial score (nSPS) is 17.8. The fourth-order valence-electron chi connectivity index (χ4n) is 2.69. The van der Waals surface area contributed by atoms with Crippen molar-refractivity contribution >= 4 is 29.1 Å². The molecule has 0 heterocycles. The van der Waals surface area contributed by atoms with Crippen molar-refractivity contribution in [2.45, 2.75) is 32.1 Å². The van der Waals surface area contributed by atoms with E-state index in [4.69, 9.17) is 23.2 Å². The highest BCUT2D eigenvalue weighted by Gasteiger charge is 2.31. The number of amides is 1. The van der Waals surface area contributed by atoms with Gasteiger partial charge >= 0.3 is 0 Å². The number of benzene rings is 1. The molecular formula is C15H18Cl2FNO. The molecular weight excluding hydrogens is 300 g/mol. The highest BCUT2D eigenvalue weighted by Crippen LogP contribution is 2.36. The zero-order valence-corrected chi connectivity index (χ0v) is 12.7. The maximum atomic E-state index is 13.6. The van der Waals surface area contributed by atoms with Crippen LogP contribution in [-0.4, -0.2) is 18.3 Å². The molecule has 1 N–H and O–H groups in total. The maximum absolute atomic E-state index is 13.6. The molecule has 1 aromatic rings. The first kappa shape index (κ1) is 15.6. The molecule has 0 aliphatic heterocycles. The van der Waals surface area contributed by atoms with E-state index in [2.05, 4.69) is 5.32 Å². The summed E-state index contributed by atoms with van der Waals surface area (Å²) in [6.07, 6.45) is 5.50. The summed E-state index contributed by atoms with van der Waals surface area (Å²) in [7, 11) is 0. The summed E-state index contributed by atoms with van der Waals surface area (Å²) in [5.41, 5.74) is -0.0668. The number of nitrogens with one attached hydrogen (secondary N) is 1. The van der Waals surface area contributed by atoms with Gasteiger partial charge in [0.15, 0.2) is 0 Å². The second-order valence-electron chi connectivity index (χ2n) is 5.50. The van der Waals surface area contributed by atoms with Crippen LogP contribution in [0.25, 0.3) is 0 Å². The summed E-state index contributed by atoms with van der Waals surface area (Å²) in [6, 6.07) is 3.98. The maximum Gasteiger partial charge on any atom is 0.254 e. The van der Waals surface area contributed by atoms with E-state index in [-0.39, 0.29) is 11.0 Å². The van der Waals surface area contributed by atoms with Crippen LogP contribution in [-0.2, 0) is 0 Å². The lowest BCUT2D eigenvalue weighted by atomic mass is 9.75. The molecule has 0 spiro atoms. The third-order valence-electron chi connectivity index (χ3n) is 3.99. The van der Waals surface area contributed by atoms with Crippen LogP contribution in [0.1, 0.15) is 42.5 Å².